The van der Waals surface area contributed by atoms with Gasteiger partial charge in [0.25, 0.3) is 0 Å². The first-order chi connectivity index (χ1) is 22.7. The van der Waals surface area contributed by atoms with Crippen molar-refractivity contribution in [2.75, 3.05) is 20.1 Å². The number of pyridine rings is 1. The average Bonchev–Trinajstić information content (AvgIpc) is 3.34. The van der Waals surface area contributed by atoms with Crippen molar-refractivity contribution in [1.29, 1.82) is 0 Å². The lowest BCUT2D eigenvalue weighted by Gasteiger charge is -2.29. The lowest BCUT2D eigenvalue weighted by Crippen LogP contribution is -2.55. The number of nitrogens with zero attached hydrogens (tertiary/aromatic N) is 4. The molecule has 1 aromatic carbocycles. The number of hydrogen-bond donors (Lipinski definition) is 2. The predicted molar refractivity (Wildman–Crippen MR) is 176 cm³/mol. The molecule has 1 aliphatic heterocycles. The quantitative estimate of drug-likeness (QED) is 0.168. The third-order valence-corrected chi connectivity index (χ3v) is 9.99. The number of rotatable bonds is 12. The van der Waals surface area contributed by atoms with Crippen LogP contribution in [-0.4, -0.2) is 80.6 Å². The van der Waals surface area contributed by atoms with Gasteiger partial charge in [-0.05, 0) is 56.7 Å². The topological polar surface area (TPSA) is 125 Å². The third-order valence-electron chi connectivity index (χ3n) is 9.12. The van der Waals surface area contributed by atoms with E-state index in [0.717, 1.165) is 47.1 Å². The molecule has 4 atom stereocenters. The smallest absolute Gasteiger partial charge is 0.434 e. The number of unbranched alkanes of at least 4 members (excludes halogenated alkanes) is 2. The zero-order valence-electron chi connectivity index (χ0n) is 27.0. The molecule has 2 fully saturated rings. The number of benzene rings is 1. The van der Waals surface area contributed by atoms with Crippen LogP contribution in [0.25, 0.3) is 21.6 Å². The fourth-order valence-corrected chi connectivity index (χ4v) is 6.81. The number of ether oxygens (including phenoxy) is 1. The predicted octanol–water partition coefficient (Wildman–Crippen LogP) is 6.37. The number of amides is 3. The average molecular weight is 686 g/mol. The number of aliphatic carboxylic acids is 1. The van der Waals surface area contributed by atoms with Crippen molar-refractivity contribution in [3.63, 3.8) is 0 Å². The molecule has 0 unspecified atom stereocenters. The van der Waals surface area contributed by atoms with E-state index in [4.69, 9.17) is 4.74 Å². The zero-order valence-corrected chi connectivity index (χ0v) is 27.8. The molecule has 5 rings (SSSR count). The van der Waals surface area contributed by atoms with Crippen LogP contribution in [0, 0.1) is 19.8 Å². The monoisotopic (exact) mass is 685 g/mol. The van der Waals surface area contributed by atoms with Crippen molar-refractivity contribution in [2.24, 2.45) is 5.92 Å². The number of fused-ring (bicyclic) bond motifs is 1. The number of carboxylic acids is 1. The summed E-state index contributed by atoms with van der Waals surface area (Å²) in [6, 6.07) is 3.57. The van der Waals surface area contributed by atoms with Crippen LogP contribution in [-0.2, 0) is 15.8 Å². The maximum absolute atomic E-state index is 13.8. The molecule has 256 valence electrons. The second kappa shape index (κ2) is 13.6. The Labute approximate surface area is 280 Å². The molecule has 1 saturated heterocycles. The lowest BCUT2D eigenvalue weighted by atomic mass is 10.0. The number of aromatic nitrogens is 2. The van der Waals surface area contributed by atoms with Gasteiger partial charge in [-0.15, -0.1) is 24.5 Å². The molecule has 3 aromatic rings. The van der Waals surface area contributed by atoms with Crippen LogP contribution in [0.5, 0.6) is 5.75 Å². The lowest BCUT2D eigenvalue weighted by molar-refractivity contribution is -0.141. The van der Waals surface area contributed by atoms with Crippen LogP contribution in [0.4, 0.5) is 18.0 Å². The number of carbonyl (C=O) groups is 3. The minimum atomic E-state index is -4.61. The Bertz CT molecular complexity index is 1760. The molecule has 2 aliphatic rings. The Morgan fingerprint density at radius 1 is 1.23 bits per heavy atom. The normalized spacial score (nSPS) is 22.0. The number of thiazole rings is 1. The largest absolute Gasteiger partial charge is 0.488 e. The van der Waals surface area contributed by atoms with Gasteiger partial charge in [0.05, 0.1) is 12.1 Å². The van der Waals surface area contributed by atoms with E-state index >= 15 is 0 Å². The summed E-state index contributed by atoms with van der Waals surface area (Å²) in [6.07, 6.45) is 0.627. The maximum Gasteiger partial charge on any atom is 0.434 e. The van der Waals surface area contributed by atoms with Crippen molar-refractivity contribution in [1.82, 2.24) is 25.1 Å². The Kier molecular flexibility index (Phi) is 9.86. The molecular weight excluding hydrogens is 647 g/mol. The third kappa shape index (κ3) is 6.89. The van der Waals surface area contributed by atoms with Gasteiger partial charge < -0.3 is 25.0 Å². The van der Waals surface area contributed by atoms with E-state index in [1.807, 2.05) is 26.0 Å². The Balaban J connectivity index is 1.47. The van der Waals surface area contributed by atoms with E-state index in [1.54, 1.807) is 18.0 Å². The van der Waals surface area contributed by atoms with Crippen LogP contribution < -0.4 is 10.1 Å². The fraction of sp³-hybridized carbons (Fsp3) is 0.441. The minimum Gasteiger partial charge on any atom is -0.488 e. The number of carbonyl (C=O) groups excluding carboxylic acids is 2. The van der Waals surface area contributed by atoms with Gasteiger partial charge in [0, 0.05) is 42.8 Å². The molecule has 10 nitrogen and oxygen atoms in total. The molecule has 2 aromatic heterocycles. The molecule has 48 heavy (non-hydrogen) atoms. The molecule has 1 aliphatic carbocycles. The number of alkyl halides is 3. The molecule has 1 saturated carbocycles. The van der Waals surface area contributed by atoms with Gasteiger partial charge in [0.1, 0.15) is 34.1 Å². The second-order valence-corrected chi connectivity index (χ2v) is 13.2. The van der Waals surface area contributed by atoms with Gasteiger partial charge in [-0.25, -0.2) is 19.6 Å². The Hall–Kier alpha value is -4.46. The number of aryl methyl sites for hydroxylation is 2. The summed E-state index contributed by atoms with van der Waals surface area (Å²) in [7, 11) is 1.66. The van der Waals surface area contributed by atoms with Crippen molar-refractivity contribution < 1.29 is 37.4 Å². The van der Waals surface area contributed by atoms with Crippen molar-refractivity contribution in [3.05, 3.63) is 65.7 Å². The van der Waals surface area contributed by atoms with Crippen molar-refractivity contribution in [2.45, 2.75) is 69.8 Å². The molecule has 0 bridgehead atoms. The number of nitrogens with one attached hydrogen (secondary N) is 1. The standard InChI is InChI=1S/C34H38F3N5O5S/c1-6-8-9-10-13-41(5)30(43)25-14-22(17-42(25)32(46)40-33(31(44)45)16-21(33)7-2)47-26-15-24(29-39-27(18-48-29)34(35,36)37)38-28-20(4)19(3)11-12-23(26)28/h6-7,11-12,15,18,21-22,25H,1-2,8-10,13-14,16-17H2,3-5H3,(H,40,46)(H,44,45)/t21-,22+,25+,33-/m1/s1. The van der Waals surface area contributed by atoms with Crippen LogP contribution >= 0.6 is 11.3 Å². The van der Waals surface area contributed by atoms with Gasteiger partial charge in [-0.3, -0.25) is 4.79 Å². The van der Waals surface area contributed by atoms with Gasteiger partial charge in [-0.1, -0.05) is 18.2 Å². The maximum atomic E-state index is 13.8. The molecule has 0 radical (unpaired) electrons. The van der Waals surface area contributed by atoms with Gasteiger partial charge >= 0.3 is 18.2 Å². The first kappa shape index (κ1) is 34.9. The minimum absolute atomic E-state index is 0.0412. The summed E-state index contributed by atoms with van der Waals surface area (Å²) in [5.74, 6) is -1.64. The van der Waals surface area contributed by atoms with Crippen LogP contribution in [0.15, 0.2) is 48.9 Å². The summed E-state index contributed by atoms with van der Waals surface area (Å²) in [5.41, 5.74) is -0.0725. The Morgan fingerprint density at radius 2 is 1.98 bits per heavy atom. The van der Waals surface area contributed by atoms with Gasteiger partial charge in [0.15, 0.2) is 5.69 Å². The second-order valence-electron chi connectivity index (χ2n) is 12.4. The van der Waals surface area contributed by atoms with E-state index in [1.165, 1.54) is 17.0 Å². The highest BCUT2D eigenvalue weighted by Crippen LogP contribution is 2.45. The van der Waals surface area contributed by atoms with E-state index < -0.39 is 47.5 Å². The number of likely N-dealkylation sites (N-methyl/N-ethyl adjacent to an activating group) is 1. The number of likely N-dealkylation sites (tertiary alicyclic amines) is 1. The highest BCUT2D eigenvalue weighted by molar-refractivity contribution is 7.13. The summed E-state index contributed by atoms with van der Waals surface area (Å²) in [5, 5.41) is 14.1. The van der Waals surface area contributed by atoms with Gasteiger partial charge in [-0.2, -0.15) is 13.2 Å². The number of allylic oxidation sites excluding steroid dienone is 1. The van der Waals surface area contributed by atoms with Crippen LogP contribution in [0.2, 0.25) is 0 Å². The van der Waals surface area contributed by atoms with Crippen LogP contribution in [0.1, 0.15) is 48.9 Å². The van der Waals surface area contributed by atoms with Crippen LogP contribution in [0.3, 0.4) is 0 Å². The van der Waals surface area contributed by atoms with Crippen molar-refractivity contribution in [3.8, 4) is 16.5 Å². The highest BCUT2D eigenvalue weighted by Gasteiger charge is 2.61. The SMILES string of the molecule is C=CCCCCN(C)C(=O)[C@@H]1C[C@H](Oc2cc(-c3nc(C(F)(F)F)cs3)nc3c(C)c(C)ccc23)CN1C(=O)N[C@]1(C(=O)O)C[C@H]1C=C. The number of halogens is 3. The van der Waals surface area contributed by atoms with Crippen molar-refractivity contribution >= 4 is 40.1 Å². The molecule has 0 spiro atoms. The van der Waals surface area contributed by atoms with E-state index in [2.05, 4.69) is 28.4 Å². The number of hydrogen-bond acceptors (Lipinski definition) is 7. The summed E-state index contributed by atoms with van der Waals surface area (Å²) >= 11 is 0.815. The number of urea groups is 1. The first-order valence-corrected chi connectivity index (χ1v) is 16.5. The van der Waals surface area contributed by atoms with Gasteiger partial charge in [0.2, 0.25) is 5.91 Å². The molecule has 2 N–H and O–H groups in total. The molecule has 14 heteroatoms. The van der Waals surface area contributed by atoms with E-state index in [0.29, 0.717) is 23.2 Å². The molecular formula is C34H38F3N5O5S. The Morgan fingerprint density at radius 3 is 2.60 bits per heavy atom. The van der Waals surface area contributed by atoms with E-state index in [-0.39, 0.29) is 36.0 Å². The number of carboxylic acid groups (broad SMARTS) is 1. The molecule has 3 heterocycles. The fourth-order valence-electron chi connectivity index (χ4n) is 6.03. The highest BCUT2D eigenvalue weighted by atomic mass is 32.1. The zero-order chi connectivity index (χ0) is 35.0. The molecule has 3 amide bonds. The summed E-state index contributed by atoms with van der Waals surface area (Å²) in [6.45, 7) is 11.6. The summed E-state index contributed by atoms with van der Waals surface area (Å²) in [4.78, 5) is 50.9. The summed E-state index contributed by atoms with van der Waals surface area (Å²) < 4.78 is 46.6. The van der Waals surface area contributed by atoms with E-state index in [9.17, 15) is 32.7 Å². The first-order valence-electron chi connectivity index (χ1n) is 15.6.